The number of anilines is 1. The zero-order chi connectivity index (χ0) is 37.7. The van der Waals surface area contributed by atoms with Crippen LogP contribution in [0.15, 0.2) is 72.5 Å². The summed E-state index contributed by atoms with van der Waals surface area (Å²) in [5, 5.41) is 0. The molecule has 2 bridgehead atoms. The van der Waals surface area contributed by atoms with Gasteiger partial charge in [0.15, 0.2) is 11.6 Å². The number of amides is 2. The van der Waals surface area contributed by atoms with Gasteiger partial charge in [0.1, 0.15) is 17.9 Å². The molecule has 12 nitrogen and oxygen atoms in total. The van der Waals surface area contributed by atoms with Crippen molar-refractivity contribution in [1.82, 2.24) is 29.0 Å². The van der Waals surface area contributed by atoms with Crippen LogP contribution in [0, 0.1) is 11.2 Å². The number of halogens is 1. The highest BCUT2D eigenvalue weighted by Crippen LogP contribution is 2.45. The van der Waals surface area contributed by atoms with Gasteiger partial charge in [0.25, 0.3) is 5.91 Å². The maximum absolute atomic E-state index is 14.4. The van der Waals surface area contributed by atoms with Crippen LogP contribution in [0.1, 0.15) is 62.9 Å². The molecule has 282 valence electrons. The summed E-state index contributed by atoms with van der Waals surface area (Å²) in [7, 11) is -3.65. The number of fused-ring (bicyclic) bond motifs is 2. The molecule has 0 unspecified atom stereocenters. The normalized spacial score (nSPS) is 21.3. The first kappa shape index (κ1) is 36.9. The number of carbonyl (C=O) groups excluding carboxylic acids is 2. The molecule has 4 aliphatic rings. The third kappa shape index (κ3) is 7.16. The highest BCUT2D eigenvalue weighted by molar-refractivity contribution is 7.89. The van der Waals surface area contributed by atoms with Gasteiger partial charge in [0, 0.05) is 62.3 Å². The van der Waals surface area contributed by atoms with Crippen LogP contribution in [0.5, 0.6) is 11.5 Å². The summed E-state index contributed by atoms with van der Waals surface area (Å²) in [6.07, 6.45) is 7.04. The van der Waals surface area contributed by atoms with Crippen LogP contribution in [-0.2, 0) is 21.4 Å². The predicted octanol–water partition coefficient (Wildman–Crippen LogP) is 4.93. The summed E-state index contributed by atoms with van der Waals surface area (Å²) in [4.78, 5) is 42.7. The second-order valence-electron chi connectivity index (χ2n) is 15.4. The maximum Gasteiger partial charge on any atom is 0.258 e. The first-order chi connectivity index (χ1) is 25.3. The minimum absolute atomic E-state index is 0.0807. The largest absolute Gasteiger partial charge is 0.451 e. The Morgan fingerprint density at radius 2 is 1.72 bits per heavy atom. The number of ether oxygens (including phenoxy) is 1. The third-order valence-corrected chi connectivity index (χ3v) is 13.2. The van der Waals surface area contributed by atoms with E-state index in [-0.39, 0.29) is 57.6 Å². The van der Waals surface area contributed by atoms with Crippen LogP contribution in [0.3, 0.4) is 0 Å². The second kappa shape index (κ2) is 14.4. The molecule has 1 spiro atoms. The smallest absolute Gasteiger partial charge is 0.258 e. The van der Waals surface area contributed by atoms with Crippen molar-refractivity contribution in [3.05, 3.63) is 84.6 Å². The fourth-order valence-corrected chi connectivity index (χ4v) is 10.3. The summed E-state index contributed by atoms with van der Waals surface area (Å²) in [5.74, 6) is 0.342. The third-order valence-electron chi connectivity index (χ3n) is 11.3. The van der Waals surface area contributed by atoms with Gasteiger partial charge in [-0.2, -0.15) is 4.31 Å². The van der Waals surface area contributed by atoms with Crippen molar-refractivity contribution < 1.29 is 27.1 Å². The molecule has 2 atom stereocenters. The van der Waals surface area contributed by atoms with Crippen LogP contribution in [0.25, 0.3) is 0 Å². The van der Waals surface area contributed by atoms with Gasteiger partial charge in [-0.15, -0.1) is 0 Å². The second-order valence-corrected chi connectivity index (χ2v) is 17.3. The molecule has 5 heterocycles. The number of piperidine rings is 1. The molecule has 0 radical (unpaired) electrons. The van der Waals surface area contributed by atoms with E-state index in [0.29, 0.717) is 31.1 Å². The first-order valence-electron chi connectivity index (χ1n) is 18.4. The molecule has 7 rings (SSSR count). The van der Waals surface area contributed by atoms with Gasteiger partial charge in [-0.1, -0.05) is 18.7 Å². The van der Waals surface area contributed by atoms with E-state index in [0.717, 1.165) is 51.1 Å². The van der Waals surface area contributed by atoms with E-state index in [9.17, 15) is 22.4 Å². The lowest BCUT2D eigenvalue weighted by molar-refractivity contribution is -0.127. The molecular formula is C39H48FN7O5S. The Balaban J connectivity index is 0.943. The molecule has 2 aromatic carbocycles. The van der Waals surface area contributed by atoms with Gasteiger partial charge in [-0.25, -0.2) is 22.8 Å². The van der Waals surface area contributed by atoms with Crippen LogP contribution in [-0.4, -0.2) is 113 Å². The highest BCUT2D eigenvalue weighted by atomic mass is 32.2. The Labute approximate surface area is 311 Å². The molecule has 0 N–H and O–H groups in total. The number of aromatic nitrogens is 2. The van der Waals surface area contributed by atoms with Crippen LogP contribution in [0.4, 0.5) is 10.2 Å². The van der Waals surface area contributed by atoms with Crippen molar-refractivity contribution in [3.8, 4) is 11.5 Å². The lowest BCUT2D eigenvalue weighted by Crippen LogP contribution is -2.60. The Morgan fingerprint density at radius 3 is 2.34 bits per heavy atom. The molecule has 2 amide bonds. The number of carbonyl (C=O) groups is 2. The summed E-state index contributed by atoms with van der Waals surface area (Å²) >= 11 is 0. The Hall–Kier alpha value is -4.40. The van der Waals surface area contributed by atoms with E-state index in [4.69, 9.17) is 4.74 Å². The number of likely N-dealkylation sites (tertiary alicyclic amines) is 2. The SMILES string of the molecule is C=CC(=O)N1C[C@@H]2C[C@H]1CN2S(=O)(=O)c1ccc(CN2CCC3(CC2)CN(c2ncncc2Oc2ccc(F)cc2C(=O)N(C(C)C)C(C)C)C3)cc1. The number of sulfonamides is 1. The average Bonchev–Trinajstić information content (AvgIpc) is 3.74. The molecule has 3 aromatic rings. The summed E-state index contributed by atoms with van der Waals surface area (Å²) < 4.78 is 49.2. The zero-order valence-corrected chi connectivity index (χ0v) is 31.6. The van der Waals surface area contributed by atoms with Crippen molar-refractivity contribution in [2.45, 2.75) is 82.6 Å². The van der Waals surface area contributed by atoms with E-state index < -0.39 is 15.8 Å². The number of piperazine rings is 1. The van der Waals surface area contributed by atoms with E-state index in [1.165, 1.54) is 30.6 Å². The Kier molecular flexibility index (Phi) is 10.1. The standard InChI is InChI=1S/C39H48FN7O5S/c1-6-36(48)45-21-31-18-30(45)22-46(31)53(50,51)32-10-7-28(8-11-32)20-43-15-13-39(14-16-43)23-44(24-39)37-35(19-41-25-42-37)52-34-12-9-29(40)17-33(34)38(49)47(26(2)3)27(4)5/h6-12,17,19,25-27,30-31H,1,13-16,18,20-24H2,2-5H3/t30-,31-/m0/s1. The summed E-state index contributed by atoms with van der Waals surface area (Å²) in [6.45, 7) is 16.2. The molecule has 4 aliphatic heterocycles. The first-order valence-corrected chi connectivity index (χ1v) is 19.8. The molecule has 4 fully saturated rings. The van der Waals surface area contributed by atoms with Crippen LogP contribution < -0.4 is 9.64 Å². The van der Waals surface area contributed by atoms with Gasteiger partial charge in [0.2, 0.25) is 15.9 Å². The van der Waals surface area contributed by atoms with Crippen molar-refractivity contribution >= 4 is 27.7 Å². The fraction of sp³-hybridized carbons (Fsp3) is 0.487. The molecule has 0 saturated carbocycles. The average molecular weight is 746 g/mol. The fourth-order valence-electron chi connectivity index (χ4n) is 8.59. The minimum Gasteiger partial charge on any atom is -0.451 e. The van der Waals surface area contributed by atoms with Crippen LogP contribution >= 0.6 is 0 Å². The molecule has 1 aromatic heterocycles. The van der Waals surface area contributed by atoms with Gasteiger partial charge >= 0.3 is 0 Å². The molecule has 14 heteroatoms. The number of rotatable bonds is 11. The molecule has 53 heavy (non-hydrogen) atoms. The van der Waals surface area contributed by atoms with Gasteiger partial charge in [-0.3, -0.25) is 14.5 Å². The summed E-state index contributed by atoms with van der Waals surface area (Å²) in [6, 6.07) is 10.8. The van der Waals surface area contributed by atoms with Gasteiger partial charge < -0.3 is 19.4 Å². The van der Waals surface area contributed by atoms with Crippen molar-refractivity contribution in [2.24, 2.45) is 5.41 Å². The monoisotopic (exact) mass is 745 g/mol. The predicted molar refractivity (Wildman–Crippen MR) is 199 cm³/mol. The number of hydrogen-bond donors (Lipinski definition) is 0. The number of benzene rings is 2. The number of hydrogen-bond acceptors (Lipinski definition) is 9. The molecular weight excluding hydrogens is 698 g/mol. The van der Waals surface area contributed by atoms with E-state index in [1.807, 2.05) is 39.8 Å². The minimum atomic E-state index is -3.65. The topological polar surface area (TPSA) is 119 Å². The zero-order valence-electron chi connectivity index (χ0n) is 30.8. The quantitative estimate of drug-likeness (QED) is 0.252. The maximum atomic E-state index is 14.4. The van der Waals surface area contributed by atoms with Crippen LogP contribution in [0.2, 0.25) is 0 Å². The summed E-state index contributed by atoms with van der Waals surface area (Å²) in [5.41, 5.74) is 1.36. The lowest BCUT2D eigenvalue weighted by Gasteiger charge is -2.54. The molecule has 4 saturated heterocycles. The van der Waals surface area contributed by atoms with Crippen molar-refractivity contribution in [3.63, 3.8) is 0 Å². The van der Waals surface area contributed by atoms with E-state index in [1.54, 1.807) is 32.4 Å². The Bertz CT molecular complexity index is 1970. The highest BCUT2D eigenvalue weighted by Gasteiger charge is 2.50. The number of nitrogens with zero attached hydrogens (tertiary/aromatic N) is 7. The van der Waals surface area contributed by atoms with Gasteiger partial charge in [-0.05, 0) is 102 Å². The molecule has 0 aliphatic carbocycles. The van der Waals surface area contributed by atoms with Crippen molar-refractivity contribution in [2.75, 3.05) is 44.2 Å². The van der Waals surface area contributed by atoms with Gasteiger partial charge in [0.05, 0.1) is 16.7 Å². The van der Waals surface area contributed by atoms with E-state index in [2.05, 4.69) is 26.3 Å². The lowest BCUT2D eigenvalue weighted by atomic mass is 9.72. The van der Waals surface area contributed by atoms with Crippen molar-refractivity contribution in [1.29, 1.82) is 0 Å². The Morgan fingerprint density at radius 1 is 1.02 bits per heavy atom. The van der Waals surface area contributed by atoms with E-state index >= 15 is 0 Å².